The molecule has 0 fully saturated rings. The first-order chi connectivity index (χ1) is 12.3. The number of hydrogen-bond donors (Lipinski definition) is 2. The molecule has 0 radical (unpaired) electrons. The van der Waals surface area contributed by atoms with Crippen LogP contribution in [0.15, 0.2) is 46.8 Å². The number of rotatable bonds is 6. The van der Waals surface area contributed by atoms with Crippen molar-refractivity contribution < 1.29 is 13.2 Å². The molecule has 0 aliphatic rings. The van der Waals surface area contributed by atoms with Gasteiger partial charge in [-0.2, -0.15) is 0 Å². The summed E-state index contributed by atoms with van der Waals surface area (Å²) in [5.74, 6) is 0.158. The van der Waals surface area contributed by atoms with Gasteiger partial charge < -0.3 is 5.32 Å². The van der Waals surface area contributed by atoms with Gasteiger partial charge in [-0.1, -0.05) is 30.0 Å². The molecule has 2 N–H and O–H groups in total. The second kappa shape index (κ2) is 7.65. The highest BCUT2D eigenvalue weighted by Crippen LogP contribution is 2.31. The summed E-state index contributed by atoms with van der Waals surface area (Å²) in [4.78, 5) is 16.6. The van der Waals surface area contributed by atoms with Gasteiger partial charge in [0.05, 0.1) is 27.9 Å². The van der Waals surface area contributed by atoms with Gasteiger partial charge in [-0.05, 0) is 36.8 Å². The Hall–Kier alpha value is -2.10. The molecular weight excluding hydrogens is 390 g/mol. The molecule has 136 valence electrons. The predicted octanol–water partition coefficient (Wildman–Crippen LogP) is 3.71. The van der Waals surface area contributed by atoms with E-state index in [2.05, 4.69) is 15.0 Å². The second-order valence-electron chi connectivity index (χ2n) is 5.69. The van der Waals surface area contributed by atoms with E-state index < -0.39 is 10.0 Å². The molecule has 0 unspecified atom stereocenters. The molecule has 0 aliphatic carbocycles. The summed E-state index contributed by atoms with van der Waals surface area (Å²) in [7, 11) is -3.32. The van der Waals surface area contributed by atoms with Crippen LogP contribution in [0.1, 0.15) is 5.56 Å². The van der Waals surface area contributed by atoms with Gasteiger partial charge in [-0.15, -0.1) is 11.3 Å². The maximum absolute atomic E-state index is 12.1. The number of amides is 1. The molecule has 9 heteroatoms. The number of para-hydroxylation sites is 1. The molecule has 3 aromatic rings. The summed E-state index contributed by atoms with van der Waals surface area (Å²) in [5, 5.41) is 2.89. The summed E-state index contributed by atoms with van der Waals surface area (Å²) < 4.78 is 26.7. The summed E-state index contributed by atoms with van der Waals surface area (Å²) in [6.07, 6.45) is 1.11. The standard InChI is InChI=1S/C17H17N3O3S3/c1-11-5-3-4-6-13(11)18-16(21)10-24-17-19-14-8-7-12(9-15(14)25-17)20-26(2,22)23/h3-9,20H,10H2,1-2H3,(H,18,21). The molecule has 0 saturated carbocycles. The topological polar surface area (TPSA) is 88.2 Å². The van der Waals surface area contributed by atoms with Crippen LogP contribution in [0.3, 0.4) is 0 Å². The number of aromatic nitrogens is 1. The molecule has 0 aliphatic heterocycles. The highest BCUT2D eigenvalue weighted by molar-refractivity contribution is 8.01. The van der Waals surface area contributed by atoms with Crippen LogP contribution in [0, 0.1) is 6.92 Å². The Balaban J connectivity index is 1.65. The molecule has 0 atom stereocenters. The number of nitrogens with one attached hydrogen (secondary N) is 2. The van der Waals surface area contributed by atoms with Crippen LogP contribution >= 0.6 is 23.1 Å². The summed E-state index contributed by atoms with van der Waals surface area (Å²) in [5.41, 5.74) is 3.09. The smallest absolute Gasteiger partial charge is 0.234 e. The highest BCUT2D eigenvalue weighted by atomic mass is 32.2. The first-order valence-electron chi connectivity index (χ1n) is 7.67. The number of aryl methyl sites for hydroxylation is 1. The van der Waals surface area contributed by atoms with Crippen molar-refractivity contribution in [3.63, 3.8) is 0 Å². The fraction of sp³-hybridized carbons (Fsp3) is 0.176. The van der Waals surface area contributed by atoms with Crippen LogP contribution in [0.2, 0.25) is 0 Å². The predicted molar refractivity (Wildman–Crippen MR) is 109 cm³/mol. The molecule has 0 saturated heterocycles. The van der Waals surface area contributed by atoms with Gasteiger partial charge in [0.25, 0.3) is 0 Å². The number of benzene rings is 2. The Morgan fingerprint density at radius 2 is 2.00 bits per heavy atom. The second-order valence-corrected chi connectivity index (χ2v) is 9.69. The van der Waals surface area contributed by atoms with E-state index in [1.807, 2.05) is 31.2 Å². The minimum absolute atomic E-state index is 0.0945. The highest BCUT2D eigenvalue weighted by Gasteiger charge is 2.10. The van der Waals surface area contributed by atoms with Crippen LogP contribution in [-0.2, 0) is 14.8 Å². The van der Waals surface area contributed by atoms with Crippen molar-refractivity contribution in [3.05, 3.63) is 48.0 Å². The normalized spacial score (nSPS) is 11.5. The van der Waals surface area contributed by atoms with E-state index >= 15 is 0 Å². The minimum Gasteiger partial charge on any atom is -0.325 e. The van der Waals surface area contributed by atoms with Crippen LogP contribution in [0.25, 0.3) is 10.2 Å². The Bertz CT molecular complexity index is 1060. The van der Waals surface area contributed by atoms with Crippen molar-refractivity contribution in [2.24, 2.45) is 0 Å². The molecule has 3 rings (SSSR count). The van der Waals surface area contributed by atoms with Crippen molar-refractivity contribution in [1.29, 1.82) is 0 Å². The number of fused-ring (bicyclic) bond motifs is 1. The Morgan fingerprint density at radius 1 is 1.23 bits per heavy atom. The number of carbonyl (C=O) groups is 1. The van der Waals surface area contributed by atoms with E-state index in [1.165, 1.54) is 23.1 Å². The average Bonchev–Trinajstić information content (AvgIpc) is 2.96. The Morgan fingerprint density at radius 3 is 2.73 bits per heavy atom. The Labute approximate surface area is 160 Å². The SMILES string of the molecule is Cc1ccccc1NC(=O)CSc1nc2ccc(NS(C)(=O)=O)cc2s1. The largest absolute Gasteiger partial charge is 0.325 e. The van der Waals surface area contributed by atoms with Crippen LogP contribution < -0.4 is 10.0 Å². The number of thiazole rings is 1. The van der Waals surface area contributed by atoms with Crippen molar-refractivity contribution in [3.8, 4) is 0 Å². The summed E-state index contributed by atoms with van der Waals surface area (Å²) >= 11 is 2.78. The molecule has 0 bridgehead atoms. The quantitative estimate of drug-likeness (QED) is 0.608. The van der Waals surface area contributed by atoms with Crippen molar-refractivity contribution in [2.75, 3.05) is 22.0 Å². The molecule has 1 amide bonds. The number of hydrogen-bond acceptors (Lipinski definition) is 6. The maximum Gasteiger partial charge on any atom is 0.234 e. The third kappa shape index (κ3) is 4.96. The summed E-state index contributed by atoms with van der Waals surface area (Å²) in [6, 6.07) is 12.8. The van der Waals surface area contributed by atoms with Gasteiger partial charge in [0, 0.05) is 5.69 Å². The zero-order chi connectivity index (χ0) is 18.7. The molecule has 0 spiro atoms. The van der Waals surface area contributed by atoms with Gasteiger partial charge in [0.1, 0.15) is 0 Å². The van der Waals surface area contributed by atoms with Crippen LogP contribution in [0.4, 0.5) is 11.4 Å². The summed E-state index contributed by atoms with van der Waals surface area (Å²) in [6.45, 7) is 1.94. The van der Waals surface area contributed by atoms with Gasteiger partial charge in [0.15, 0.2) is 4.34 Å². The number of carbonyl (C=O) groups excluding carboxylic acids is 1. The zero-order valence-corrected chi connectivity index (χ0v) is 16.6. The molecule has 1 aromatic heterocycles. The van der Waals surface area contributed by atoms with E-state index in [0.29, 0.717) is 5.69 Å². The first kappa shape index (κ1) is 18.7. The van der Waals surface area contributed by atoms with Gasteiger partial charge >= 0.3 is 0 Å². The number of anilines is 2. The van der Waals surface area contributed by atoms with Crippen molar-refractivity contribution >= 4 is 60.6 Å². The van der Waals surface area contributed by atoms with Crippen molar-refractivity contribution in [2.45, 2.75) is 11.3 Å². The first-order valence-corrected chi connectivity index (χ1v) is 11.4. The van der Waals surface area contributed by atoms with Crippen molar-refractivity contribution in [1.82, 2.24) is 4.98 Å². The number of sulfonamides is 1. The average molecular weight is 408 g/mol. The third-order valence-electron chi connectivity index (χ3n) is 3.42. The Kier molecular flexibility index (Phi) is 5.49. The van der Waals surface area contributed by atoms with Gasteiger partial charge in [0.2, 0.25) is 15.9 Å². The lowest BCUT2D eigenvalue weighted by molar-refractivity contribution is -0.113. The minimum atomic E-state index is -3.32. The number of thioether (sulfide) groups is 1. The van der Waals surface area contributed by atoms with E-state index in [9.17, 15) is 13.2 Å². The number of nitrogens with zero attached hydrogens (tertiary/aromatic N) is 1. The van der Waals surface area contributed by atoms with Gasteiger partial charge in [-0.25, -0.2) is 13.4 Å². The molecule has 2 aromatic carbocycles. The monoisotopic (exact) mass is 407 g/mol. The third-order valence-corrected chi connectivity index (χ3v) is 6.19. The van der Waals surface area contributed by atoms with Gasteiger partial charge in [-0.3, -0.25) is 9.52 Å². The molecule has 6 nitrogen and oxygen atoms in total. The van der Waals surface area contributed by atoms with Crippen LogP contribution in [0.5, 0.6) is 0 Å². The maximum atomic E-state index is 12.1. The lowest BCUT2D eigenvalue weighted by Crippen LogP contribution is -2.14. The lowest BCUT2D eigenvalue weighted by Gasteiger charge is -2.06. The molecule has 26 heavy (non-hydrogen) atoms. The molecular formula is C17H17N3O3S3. The van der Waals surface area contributed by atoms with E-state index in [1.54, 1.807) is 18.2 Å². The van der Waals surface area contributed by atoms with E-state index in [-0.39, 0.29) is 11.7 Å². The fourth-order valence-electron chi connectivity index (χ4n) is 2.27. The van der Waals surface area contributed by atoms with Crippen LogP contribution in [-0.4, -0.2) is 31.3 Å². The van der Waals surface area contributed by atoms with E-state index in [4.69, 9.17) is 0 Å². The lowest BCUT2D eigenvalue weighted by atomic mass is 10.2. The zero-order valence-electron chi connectivity index (χ0n) is 14.1. The van der Waals surface area contributed by atoms with E-state index in [0.717, 1.165) is 32.1 Å². The molecule has 1 heterocycles. The fourth-order valence-corrected chi connectivity index (χ4v) is 4.73.